The molecule has 8 nitrogen and oxygen atoms in total. The Morgan fingerprint density at radius 1 is 1.04 bits per heavy atom. The van der Waals surface area contributed by atoms with Gasteiger partial charge in [-0.1, -0.05) is 12.1 Å². The Kier molecular flexibility index (Phi) is 4.78. The Morgan fingerprint density at radius 3 is 2.13 bits per heavy atom. The summed E-state index contributed by atoms with van der Waals surface area (Å²) in [4.78, 5) is 32.5. The Morgan fingerprint density at radius 2 is 1.61 bits per heavy atom. The van der Waals surface area contributed by atoms with Crippen LogP contribution in [0.5, 0.6) is 0 Å². The summed E-state index contributed by atoms with van der Waals surface area (Å²) >= 11 is 0. The highest BCUT2D eigenvalue weighted by atomic mass is 16.6. The number of hydrogen-bond acceptors (Lipinski definition) is 5. The van der Waals surface area contributed by atoms with E-state index in [2.05, 4.69) is 10.5 Å². The van der Waals surface area contributed by atoms with Gasteiger partial charge in [0.25, 0.3) is 11.6 Å². The number of benzene rings is 2. The van der Waals surface area contributed by atoms with Gasteiger partial charge in [-0.15, -0.1) is 0 Å². The van der Waals surface area contributed by atoms with Crippen molar-refractivity contribution in [3.05, 3.63) is 75.3 Å². The molecule has 0 radical (unpaired) electrons. The smallest absolute Gasteiger partial charge is 0.335 e. The first kappa shape index (κ1) is 15.8. The lowest BCUT2D eigenvalue weighted by molar-refractivity contribution is -0.384. The van der Waals surface area contributed by atoms with Crippen molar-refractivity contribution in [1.29, 1.82) is 0 Å². The van der Waals surface area contributed by atoms with E-state index in [1.165, 1.54) is 42.6 Å². The van der Waals surface area contributed by atoms with Crippen LogP contribution in [0.1, 0.15) is 26.3 Å². The number of hydrogen-bond donors (Lipinski definition) is 2. The molecule has 2 N–H and O–H groups in total. The molecule has 2 rings (SSSR count). The fourth-order valence-corrected chi connectivity index (χ4v) is 1.68. The second kappa shape index (κ2) is 6.94. The third kappa shape index (κ3) is 4.21. The average Bonchev–Trinajstić information content (AvgIpc) is 2.55. The number of aromatic carboxylic acids is 1. The highest BCUT2D eigenvalue weighted by Gasteiger charge is 2.08. The number of nitrogens with one attached hydrogen (secondary N) is 1. The zero-order valence-electron chi connectivity index (χ0n) is 11.7. The molecule has 0 saturated carbocycles. The van der Waals surface area contributed by atoms with Crippen molar-refractivity contribution >= 4 is 23.8 Å². The molecular weight excluding hydrogens is 302 g/mol. The Labute approximate surface area is 130 Å². The Bertz CT molecular complexity index is 767. The lowest BCUT2D eigenvalue weighted by Gasteiger charge is -2.00. The maximum absolute atomic E-state index is 11.8. The van der Waals surface area contributed by atoms with E-state index < -0.39 is 16.8 Å². The minimum Gasteiger partial charge on any atom is -0.478 e. The number of nitro groups is 1. The fraction of sp³-hybridized carbons (Fsp3) is 0. The number of rotatable bonds is 5. The summed E-state index contributed by atoms with van der Waals surface area (Å²) < 4.78 is 0. The summed E-state index contributed by atoms with van der Waals surface area (Å²) in [7, 11) is 0. The Hall–Kier alpha value is -3.55. The summed E-state index contributed by atoms with van der Waals surface area (Å²) in [5, 5.41) is 23.0. The molecule has 0 aliphatic rings. The van der Waals surface area contributed by atoms with Gasteiger partial charge in [0.05, 0.1) is 16.7 Å². The molecule has 23 heavy (non-hydrogen) atoms. The van der Waals surface area contributed by atoms with Gasteiger partial charge in [-0.2, -0.15) is 5.10 Å². The van der Waals surface area contributed by atoms with E-state index in [4.69, 9.17) is 5.11 Å². The predicted octanol–water partition coefficient (Wildman–Crippen LogP) is 2.06. The molecular formula is C15H11N3O5. The quantitative estimate of drug-likeness (QED) is 0.497. The molecule has 0 aliphatic heterocycles. The lowest BCUT2D eigenvalue weighted by Crippen LogP contribution is -2.17. The molecule has 0 unspecified atom stereocenters. The van der Waals surface area contributed by atoms with Gasteiger partial charge in [0.1, 0.15) is 0 Å². The zero-order chi connectivity index (χ0) is 16.8. The van der Waals surface area contributed by atoms with Crippen LogP contribution in [0.2, 0.25) is 0 Å². The molecule has 116 valence electrons. The number of carbonyl (C=O) groups excluding carboxylic acids is 1. The van der Waals surface area contributed by atoms with Gasteiger partial charge in [0, 0.05) is 17.7 Å². The van der Waals surface area contributed by atoms with Gasteiger partial charge in [0.2, 0.25) is 0 Å². The molecule has 0 spiro atoms. The standard InChI is InChI=1S/C15H11N3O5/c19-14(11-5-7-13(8-6-11)18(22)23)17-16-9-10-1-3-12(4-2-10)15(20)21/h1-9H,(H,17,19)(H,20,21)/b16-9+. The minimum absolute atomic E-state index is 0.108. The highest BCUT2D eigenvalue weighted by molar-refractivity contribution is 5.95. The number of non-ortho nitro benzene ring substituents is 1. The predicted molar refractivity (Wildman–Crippen MR) is 81.6 cm³/mol. The number of nitrogens with zero attached hydrogens (tertiary/aromatic N) is 2. The normalized spacial score (nSPS) is 10.4. The van der Waals surface area contributed by atoms with Crippen molar-refractivity contribution in [3.8, 4) is 0 Å². The SMILES string of the molecule is O=C(O)c1ccc(/C=N/NC(=O)c2ccc([N+](=O)[O-])cc2)cc1. The number of amides is 1. The lowest BCUT2D eigenvalue weighted by atomic mass is 10.1. The molecule has 0 aliphatic carbocycles. The van der Waals surface area contributed by atoms with Crippen LogP contribution in [-0.2, 0) is 0 Å². The van der Waals surface area contributed by atoms with Crippen LogP contribution in [0.15, 0.2) is 53.6 Å². The van der Waals surface area contributed by atoms with E-state index in [0.717, 1.165) is 0 Å². The number of carboxylic acids is 1. The van der Waals surface area contributed by atoms with Gasteiger partial charge in [-0.3, -0.25) is 14.9 Å². The molecule has 0 saturated heterocycles. The summed E-state index contributed by atoms with van der Waals surface area (Å²) in [6.07, 6.45) is 1.36. The highest BCUT2D eigenvalue weighted by Crippen LogP contribution is 2.11. The van der Waals surface area contributed by atoms with Crippen LogP contribution < -0.4 is 5.43 Å². The third-order valence-corrected chi connectivity index (χ3v) is 2.88. The van der Waals surface area contributed by atoms with Crippen LogP contribution >= 0.6 is 0 Å². The van der Waals surface area contributed by atoms with Crippen molar-refractivity contribution in [2.24, 2.45) is 5.10 Å². The number of hydrazone groups is 1. The van der Waals surface area contributed by atoms with Crippen molar-refractivity contribution in [1.82, 2.24) is 5.43 Å². The van der Waals surface area contributed by atoms with E-state index in [-0.39, 0.29) is 16.8 Å². The topological polar surface area (TPSA) is 122 Å². The van der Waals surface area contributed by atoms with E-state index in [1.54, 1.807) is 12.1 Å². The molecule has 2 aromatic carbocycles. The molecule has 0 bridgehead atoms. The maximum atomic E-state index is 11.8. The molecule has 8 heteroatoms. The first-order chi connectivity index (χ1) is 11.0. The van der Waals surface area contributed by atoms with Crippen LogP contribution in [0.4, 0.5) is 5.69 Å². The fourth-order valence-electron chi connectivity index (χ4n) is 1.68. The van der Waals surface area contributed by atoms with Gasteiger partial charge in [0.15, 0.2) is 0 Å². The zero-order valence-corrected chi connectivity index (χ0v) is 11.7. The van der Waals surface area contributed by atoms with Gasteiger partial charge in [-0.05, 0) is 29.8 Å². The van der Waals surface area contributed by atoms with Gasteiger partial charge >= 0.3 is 5.97 Å². The van der Waals surface area contributed by atoms with Crippen LogP contribution in [-0.4, -0.2) is 28.1 Å². The third-order valence-electron chi connectivity index (χ3n) is 2.88. The monoisotopic (exact) mass is 313 g/mol. The van der Waals surface area contributed by atoms with Gasteiger partial charge in [-0.25, -0.2) is 10.2 Å². The summed E-state index contributed by atoms with van der Waals surface area (Å²) in [6.45, 7) is 0. The average molecular weight is 313 g/mol. The van der Waals surface area contributed by atoms with Crippen molar-refractivity contribution in [3.63, 3.8) is 0 Å². The summed E-state index contributed by atoms with van der Waals surface area (Å²) in [5.41, 5.74) is 3.16. The van der Waals surface area contributed by atoms with Crippen molar-refractivity contribution < 1.29 is 19.6 Å². The summed E-state index contributed by atoms with van der Waals surface area (Å²) in [5.74, 6) is -1.54. The van der Waals surface area contributed by atoms with Crippen molar-refractivity contribution in [2.45, 2.75) is 0 Å². The number of nitro benzene ring substituents is 1. The first-order valence-electron chi connectivity index (χ1n) is 6.38. The van der Waals surface area contributed by atoms with Crippen LogP contribution in [0, 0.1) is 10.1 Å². The van der Waals surface area contributed by atoms with E-state index in [9.17, 15) is 19.7 Å². The maximum Gasteiger partial charge on any atom is 0.335 e. The minimum atomic E-state index is -1.03. The molecule has 0 fully saturated rings. The van der Waals surface area contributed by atoms with Crippen LogP contribution in [0.25, 0.3) is 0 Å². The second-order valence-corrected chi connectivity index (χ2v) is 4.43. The number of carboxylic acid groups (broad SMARTS) is 1. The molecule has 1 amide bonds. The van der Waals surface area contributed by atoms with Crippen molar-refractivity contribution in [2.75, 3.05) is 0 Å². The molecule has 0 heterocycles. The number of carbonyl (C=O) groups is 2. The summed E-state index contributed by atoms with van der Waals surface area (Å²) in [6, 6.07) is 11.0. The van der Waals surface area contributed by atoms with E-state index in [1.807, 2.05) is 0 Å². The second-order valence-electron chi connectivity index (χ2n) is 4.43. The van der Waals surface area contributed by atoms with Crippen LogP contribution in [0.3, 0.4) is 0 Å². The van der Waals surface area contributed by atoms with Gasteiger partial charge < -0.3 is 5.11 Å². The largest absolute Gasteiger partial charge is 0.478 e. The van der Waals surface area contributed by atoms with E-state index in [0.29, 0.717) is 5.56 Å². The molecule has 0 atom stereocenters. The Balaban J connectivity index is 1.97. The molecule has 0 aromatic heterocycles. The first-order valence-corrected chi connectivity index (χ1v) is 6.38. The molecule has 2 aromatic rings. The van der Waals surface area contributed by atoms with E-state index >= 15 is 0 Å².